The number of esters is 1. The molecule has 0 N–H and O–H groups in total. The largest absolute Gasteiger partial charge is 0.467 e. The standard InChI is InChI=1S/C23H25N3O2/c1-25(22-9-3-4-14-24-22)15-7-8-19-10-12-20(13-11-19)18-21(23(27)28-2)26-16-5-6-17-26/h3-14,16-17,21H,15,18H2,1-2H3/b8-7+/t21-/m0/s1. The van der Waals surface area contributed by atoms with Gasteiger partial charge in [-0.05, 0) is 35.4 Å². The third-order valence-electron chi connectivity index (χ3n) is 4.60. The SMILES string of the molecule is COC(=O)[C@H](Cc1ccc(/C=C/CN(C)c2ccccn2)cc1)n1cccc1. The first-order valence-electron chi connectivity index (χ1n) is 9.25. The number of likely N-dealkylation sites (N-methyl/N-ethyl adjacent to an activating group) is 1. The van der Waals surface area contributed by atoms with E-state index in [0.717, 1.165) is 23.5 Å². The first-order valence-corrected chi connectivity index (χ1v) is 9.25. The summed E-state index contributed by atoms with van der Waals surface area (Å²) in [6.07, 6.45) is 10.4. The Balaban J connectivity index is 1.60. The van der Waals surface area contributed by atoms with Gasteiger partial charge in [-0.3, -0.25) is 0 Å². The number of methoxy groups -OCH3 is 1. The Bertz CT molecular complexity index is 887. The van der Waals surface area contributed by atoms with Gasteiger partial charge in [0.25, 0.3) is 0 Å². The van der Waals surface area contributed by atoms with Crippen molar-refractivity contribution in [1.82, 2.24) is 9.55 Å². The lowest BCUT2D eigenvalue weighted by Crippen LogP contribution is -2.22. The van der Waals surface area contributed by atoms with Crippen LogP contribution in [0.2, 0.25) is 0 Å². The number of carbonyl (C=O) groups is 1. The van der Waals surface area contributed by atoms with Crippen LogP contribution in [0, 0.1) is 0 Å². The Morgan fingerprint density at radius 1 is 1.14 bits per heavy atom. The average molecular weight is 375 g/mol. The Morgan fingerprint density at radius 3 is 2.54 bits per heavy atom. The highest BCUT2D eigenvalue weighted by atomic mass is 16.5. The van der Waals surface area contributed by atoms with Gasteiger partial charge in [-0.25, -0.2) is 9.78 Å². The second-order valence-electron chi connectivity index (χ2n) is 6.59. The first kappa shape index (κ1) is 19.4. The summed E-state index contributed by atoms with van der Waals surface area (Å²) >= 11 is 0. The lowest BCUT2D eigenvalue weighted by atomic mass is 10.0. The molecule has 0 amide bonds. The van der Waals surface area contributed by atoms with Gasteiger partial charge >= 0.3 is 5.97 Å². The van der Waals surface area contributed by atoms with E-state index in [9.17, 15) is 4.79 Å². The van der Waals surface area contributed by atoms with Crippen LogP contribution >= 0.6 is 0 Å². The van der Waals surface area contributed by atoms with E-state index in [0.29, 0.717) is 6.42 Å². The maximum absolute atomic E-state index is 12.1. The summed E-state index contributed by atoms with van der Waals surface area (Å²) in [4.78, 5) is 18.6. The number of carbonyl (C=O) groups excluding carboxylic acids is 1. The van der Waals surface area contributed by atoms with Gasteiger partial charge in [0, 0.05) is 38.6 Å². The van der Waals surface area contributed by atoms with Crippen molar-refractivity contribution in [2.45, 2.75) is 12.5 Å². The van der Waals surface area contributed by atoms with Crippen molar-refractivity contribution in [2.24, 2.45) is 0 Å². The van der Waals surface area contributed by atoms with E-state index >= 15 is 0 Å². The van der Waals surface area contributed by atoms with Crippen molar-refractivity contribution >= 4 is 17.9 Å². The predicted octanol–water partition coefficient (Wildman–Crippen LogP) is 3.99. The summed E-state index contributed by atoms with van der Waals surface area (Å²) in [5.41, 5.74) is 2.21. The Morgan fingerprint density at radius 2 is 1.89 bits per heavy atom. The quantitative estimate of drug-likeness (QED) is 0.559. The molecule has 28 heavy (non-hydrogen) atoms. The zero-order chi connectivity index (χ0) is 19.8. The van der Waals surface area contributed by atoms with E-state index in [2.05, 4.69) is 46.3 Å². The van der Waals surface area contributed by atoms with E-state index in [1.807, 2.05) is 54.3 Å². The summed E-state index contributed by atoms with van der Waals surface area (Å²) in [6, 6.07) is 17.6. The minimum atomic E-state index is -0.353. The summed E-state index contributed by atoms with van der Waals surface area (Å²) in [5, 5.41) is 0. The number of anilines is 1. The van der Waals surface area contributed by atoms with E-state index in [1.54, 1.807) is 6.20 Å². The molecule has 3 rings (SSSR count). The molecule has 1 aromatic carbocycles. The molecule has 144 valence electrons. The molecule has 1 atom stereocenters. The fraction of sp³-hybridized carbons (Fsp3) is 0.217. The van der Waals surface area contributed by atoms with E-state index in [-0.39, 0.29) is 12.0 Å². The smallest absolute Gasteiger partial charge is 0.329 e. The number of pyridine rings is 1. The average Bonchev–Trinajstić information content (AvgIpc) is 3.27. The van der Waals surface area contributed by atoms with Crippen LogP contribution in [0.1, 0.15) is 17.2 Å². The Labute approximate surface area is 165 Å². The minimum Gasteiger partial charge on any atom is -0.467 e. The van der Waals surface area contributed by atoms with Gasteiger partial charge in [-0.2, -0.15) is 0 Å². The molecule has 0 unspecified atom stereocenters. The molecule has 0 aliphatic heterocycles. The van der Waals surface area contributed by atoms with Crippen LogP contribution < -0.4 is 4.90 Å². The van der Waals surface area contributed by atoms with Gasteiger partial charge in [-0.1, -0.05) is 42.5 Å². The van der Waals surface area contributed by atoms with Crippen LogP contribution in [0.15, 0.2) is 79.3 Å². The van der Waals surface area contributed by atoms with Gasteiger partial charge in [0.15, 0.2) is 0 Å². The van der Waals surface area contributed by atoms with Crippen LogP contribution in [0.5, 0.6) is 0 Å². The molecular weight excluding hydrogens is 350 g/mol. The van der Waals surface area contributed by atoms with Gasteiger partial charge in [0.2, 0.25) is 0 Å². The van der Waals surface area contributed by atoms with Gasteiger partial charge in [0.1, 0.15) is 11.9 Å². The van der Waals surface area contributed by atoms with Gasteiger partial charge in [0.05, 0.1) is 7.11 Å². The van der Waals surface area contributed by atoms with Crippen molar-refractivity contribution in [1.29, 1.82) is 0 Å². The summed E-state index contributed by atoms with van der Waals surface area (Å²) in [5.74, 6) is 0.707. The van der Waals surface area contributed by atoms with Crippen LogP contribution in [0.3, 0.4) is 0 Å². The van der Waals surface area contributed by atoms with Crippen molar-refractivity contribution in [2.75, 3.05) is 25.6 Å². The molecule has 5 nitrogen and oxygen atoms in total. The number of ether oxygens (including phenoxy) is 1. The molecule has 2 heterocycles. The lowest BCUT2D eigenvalue weighted by Gasteiger charge is -2.17. The summed E-state index contributed by atoms with van der Waals surface area (Å²) in [6.45, 7) is 0.775. The Hall–Kier alpha value is -3.34. The molecule has 0 bridgehead atoms. The number of hydrogen-bond donors (Lipinski definition) is 0. The lowest BCUT2D eigenvalue weighted by molar-refractivity contribution is -0.144. The molecule has 3 aromatic rings. The van der Waals surface area contributed by atoms with Crippen LogP contribution in [-0.2, 0) is 16.0 Å². The molecule has 0 saturated carbocycles. The van der Waals surface area contributed by atoms with Crippen molar-refractivity contribution < 1.29 is 9.53 Å². The molecular formula is C23H25N3O2. The number of rotatable bonds is 8. The normalized spacial score (nSPS) is 12.1. The monoisotopic (exact) mass is 375 g/mol. The maximum Gasteiger partial charge on any atom is 0.329 e. The molecule has 0 aliphatic carbocycles. The molecule has 0 fully saturated rings. The maximum atomic E-state index is 12.1. The minimum absolute atomic E-state index is 0.238. The fourth-order valence-corrected chi connectivity index (χ4v) is 3.01. The number of hydrogen-bond acceptors (Lipinski definition) is 4. The van der Waals surface area contributed by atoms with Gasteiger partial charge < -0.3 is 14.2 Å². The van der Waals surface area contributed by atoms with Crippen LogP contribution in [-0.4, -0.2) is 36.2 Å². The molecule has 2 aromatic heterocycles. The van der Waals surface area contributed by atoms with E-state index in [1.165, 1.54) is 7.11 Å². The highest BCUT2D eigenvalue weighted by Crippen LogP contribution is 2.17. The predicted molar refractivity (Wildman–Crippen MR) is 112 cm³/mol. The fourth-order valence-electron chi connectivity index (χ4n) is 3.01. The first-order chi connectivity index (χ1) is 13.7. The molecule has 0 spiro atoms. The topological polar surface area (TPSA) is 47.4 Å². The van der Waals surface area contributed by atoms with Crippen molar-refractivity contribution in [3.05, 3.63) is 90.4 Å². The number of aromatic nitrogens is 2. The van der Waals surface area contributed by atoms with E-state index in [4.69, 9.17) is 4.74 Å². The molecule has 0 radical (unpaired) electrons. The zero-order valence-corrected chi connectivity index (χ0v) is 16.2. The number of nitrogens with zero attached hydrogens (tertiary/aromatic N) is 3. The van der Waals surface area contributed by atoms with Crippen molar-refractivity contribution in [3.63, 3.8) is 0 Å². The van der Waals surface area contributed by atoms with Crippen LogP contribution in [0.4, 0.5) is 5.82 Å². The number of benzene rings is 1. The zero-order valence-electron chi connectivity index (χ0n) is 16.2. The van der Waals surface area contributed by atoms with Crippen molar-refractivity contribution in [3.8, 4) is 0 Å². The van der Waals surface area contributed by atoms with Gasteiger partial charge in [-0.15, -0.1) is 0 Å². The molecule has 0 aliphatic rings. The second kappa shape index (κ2) is 9.55. The van der Waals surface area contributed by atoms with Crippen LogP contribution in [0.25, 0.3) is 6.08 Å². The third-order valence-corrected chi connectivity index (χ3v) is 4.60. The summed E-state index contributed by atoms with van der Waals surface area (Å²) < 4.78 is 6.85. The summed E-state index contributed by atoms with van der Waals surface area (Å²) in [7, 11) is 3.44. The molecule has 0 saturated heterocycles. The highest BCUT2D eigenvalue weighted by Gasteiger charge is 2.20. The Kier molecular flexibility index (Phi) is 6.63. The molecule has 5 heteroatoms. The highest BCUT2D eigenvalue weighted by molar-refractivity contribution is 5.74. The third kappa shape index (κ3) is 5.10. The second-order valence-corrected chi connectivity index (χ2v) is 6.59. The van der Waals surface area contributed by atoms with E-state index < -0.39 is 0 Å².